The molecule has 0 aliphatic rings. The first-order valence-corrected chi connectivity index (χ1v) is 21.3. The lowest BCUT2D eigenvalue weighted by atomic mass is 9.86. The normalized spacial score (nSPS) is 12.1. The fourth-order valence-electron chi connectivity index (χ4n) is 5.56. The number of hydrogen-bond donors (Lipinski definition) is 2. The minimum Gasteiger partial charge on any atom is -0.506 e. The van der Waals surface area contributed by atoms with Crippen LogP contribution in [0.5, 0.6) is 17.2 Å². The van der Waals surface area contributed by atoms with Crippen molar-refractivity contribution >= 4 is 42.4 Å². The molecular weight excluding hydrogens is 793 g/mol. The zero-order valence-electron chi connectivity index (χ0n) is 34.0. The van der Waals surface area contributed by atoms with Crippen molar-refractivity contribution in [2.24, 2.45) is 0 Å². The summed E-state index contributed by atoms with van der Waals surface area (Å²) in [6, 6.07) is 23.0. The van der Waals surface area contributed by atoms with Crippen LogP contribution in [-0.4, -0.2) is 39.4 Å². The molecule has 0 saturated heterocycles. The Morgan fingerprint density at radius 2 is 1.27 bits per heavy atom. The number of aryl methyl sites for hydroxylation is 2. The lowest BCUT2D eigenvalue weighted by molar-refractivity contribution is -0.118. The minimum atomic E-state index is -3.77. The number of carbonyl (C=O) groups is 1. The number of fused-ring (bicyclic) bond motifs is 1. The van der Waals surface area contributed by atoms with E-state index < -0.39 is 31.0 Å². The zero-order chi connectivity index (χ0) is 43.8. The molecule has 0 saturated carbocycles. The largest absolute Gasteiger partial charge is 0.506 e. The van der Waals surface area contributed by atoms with Gasteiger partial charge < -0.3 is 24.3 Å². The highest BCUT2D eigenvalue weighted by molar-refractivity contribution is 7.94. The zero-order valence-corrected chi connectivity index (χ0v) is 35.7. The maximum atomic E-state index is 12.4. The molecule has 13 nitrogen and oxygen atoms in total. The number of phenolic OH excluding ortho intramolecular Hbond substituents is 1. The average molecular weight is 839 g/mol. The number of hydrogen-bond acceptors (Lipinski definition) is 12. The highest BCUT2D eigenvalue weighted by Crippen LogP contribution is 2.36. The summed E-state index contributed by atoms with van der Waals surface area (Å²) in [7, 11) is -7.47. The van der Waals surface area contributed by atoms with Gasteiger partial charge in [-0.05, 0) is 96.5 Å². The quantitative estimate of drug-likeness (QED) is 0.0946. The Kier molecular flexibility index (Phi) is 14.2. The smallest absolute Gasteiger partial charge is 0.262 e. The molecule has 1 heterocycles. The maximum Gasteiger partial charge on any atom is 0.262 e. The van der Waals surface area contributed by atoms with E-state index in [0.717, 1.165) is 45.2 Å². The van der Waals surface area contributed by atoms with E-state index in [1.807, 2.05) is 73.6 Å². The number of nitrogens with one attached hydrogen (secondary N) is 1. The number of carbonyl (C=O) groups excluding carboxylic acids is 1. The van der Waals surface area contributed by atoms with Crippen molar-refractivity contribution in [1.29, 1.82) is 10.5 Å². The van der Waals surface area contributed by atoms with E-state index in [0.29, 0.717) is 28.5 Å². The molecule has 59 heavy (non-hydrogen) atoms. The standard InChI is InChI=1S/C22H24N2O5S.C22H22N2O4S/c1-15-6-8-19(25)18(12-15)24-21(26)14-29-20-9-7-16(13-17(20)22(2,3)4)30(27,28)11-5-10-23;1-15-6-8-20-18(12-15)24-21(28-20)14-27-19-9-7-16(13-17(19)22(2,3)4)29(25,26)11-5-10-23/h5-9,11-13,25H,14H2,1-4H3,(H,24,26);5-9,11-13H,14H2,1-4H3/b2*11-5+. The monoisotopic (exact) mass is 838 g/mol. The molecule has 308 valence electrons. The fourth-order valence-corrected chi connectivity index (χ4v) is 7.43. The van der Waals surface area contributed by atoms with Crippen molar-refractivity contribution in [3.05, 3.63) is 124 Å². The van der Waals surface area contributed by atoms with Gasteiger partial charge in [-0.2, -0.15) is 10.5 Å². The summed E-state index contributed by atoms with van der Waals surface area (Å²) in [6.45, 7) is 15.2. The summed E-state index contributed by atoms with van der Waals surface area (Å²) in [6.07, 6.45) is 1.85. The second-order valence-corrected chi connectivity index (χ2v) is 19.2. The first-order chi connectivity index (χ1) is 27.5. The number of amides is 1. The van der Waals surface area contributed by atoms with Crippen molar-refractivity contribution in [2.45, 2.75) is 82.6 Å². The Bertz CT molecular complexity index is 2730. The number of oxazole rings is 1. The summed E-state index contributed by atoms with van der Waals surface area (Å²) in [5.74, 6) is 0.848. The number of nitrogens with zero attached hydrogens (tertiary/aromatic N) is 3. The Morgan fingerprint density at radius 3 is 1.80 bits per heavy atom. The van der Waals surface area contributed by atoms with Crippen LogP contribution < -0.4 is 14.8 Å². The van der Waals surface area contributed by atoms with Crippen LogP contribution in [0.3, 0.4) is 0 Å². The number of nitriles is 2. The van der Waals surface area contributed by atoms with E-state index in [2.05, 4.69) is 10.3 Å². The number of sulfone groups is 2. The molecule has 15 heteroatoms. The van der Waals surface area contributed by atoms with Gasteiger partial charge in [-0.3, -0.25) is 4.79 Å². The molecular formula is C44H46N4O9S2. The molecule has 4 aromatic carbocycles. The van der Waals surface area contributed by atoms with Crippen LogP contribution >= 0.6 is 0 Å². The molecule has 1 amide bonds. The van der Waals surface area contributed by atoms with E-state index in [9.17, 15) is 26.7 Å². The molecule has 2 N–H and O–H groups in total. The van der Waals surface area contributed by atoms with Gasteiger partial charge >= 0.3 is 0 Å². The highest BCUT2D eigenvalue weighted by Gasteiger charge is 2.25. The van der Waals surface area contributed by atoms with E-state index >= 15 is 0 Å². The molecule has 0 aliphatic carbocycles. The molecule has 0 fully saturated rings. The molecule has 0 bridgehead atoms. The van der Waals surface area contributed by atoms with E-state index in [1.54, 1.807) is 36.4 Å². The third-order valence-electron chi connectivity index (χ3n) is 8.54. The highest BCUT2D eigenvalue weighted by atomic mass is 32.2. The van der Waals surface area contributed by atoms with Crippen LogP contribution in [0.2, 0.25) is 0 Å². The number of rotatable bonds is 11. The van der Waals surface area contributed by atoms with E-state index in [1.165, 1.54) is 30.3 Å². The number of benzene rings is 4. The van der Waals surface area contributed by atoms with Gasteiger partial charge in [0.25, 0.3) is 5.91 Å². The van der Waals surface area contributed by atoms with Crippen LogP contribution in [0.4, 0.5) is 5.69 Å². The Labute approximate surface area is 345 Å². The van der Waals surface area contributed by atoms with Crippen LogP contribution in [0, 0.1) is 36.5 Å². The number of phenols is 1. The van der Waals surface area contributed by atoms with E-state index in [-0.39, 0.29) is 39.9 Å². The van der Waals surface area contributed by atoms with E-state index in [4.69, 9.17) is 24.4 Å². The van der Waals surface area contributed by atoms with Crippen molar-refractivity contribution in [3.8, 4) is 29.4 Å². The first kappa shape index (κ1) is 45.3. The van der Waals surface area contributed by atoms with Gasteiger partial charge in [-0.25, -0.2) is 21.8 Å². The van der Waals surface area contributed by atoms with Crippen molar-refractivity contribution in [2.75, 3.05) is 11.9 Å². The number of aromatic nitrogens is 1. The average Bonchev–Trinajstić information content (AvgIpc) is 3.57. The van der Waals surface area contributed by atoms with Gasteiger partial charge in [0.2, 0.25) is 25.6 Å². The third kappa shape index (κ3) is 12.3. The molecule has 1 aromatic heterocycles. The molecule has 0 radical (unpaired) electrons. The summed E-state index contributed by atoms with van der Waals surface area (Å²) >= 11 is 0. The topological polar surface area (TPSA) is 210 Å². The van der Waals surface area contributed by atoms with Crippen LogP contribution in [0.15, 0.2) is 110 Å². The number of allylic oxidation sites excluding steroid dienone is 2. The van der Waals surface area contributed by atoms with Gasteiger partial charge in [-0.1, -0.05) is 53.7 Å². The Morgan fingerprint density at radius 1 is 0.763 bits per heavy atom. The predicted octanol–water partition coefficient (Wildman–Crippen LogP) is 8.65. The molecule has 0 spiro atoms. The summed E-state index contributed by atoms with van der Waals surface area (Å²) in [5, 5.41) is 31.4. The molecule has 0 unspecified atom stereocenters. The molecule has 5 aromatic rings. The summed E-state index contributed by atoms with van der Waals surface area (Å²) in [4.78, 5) is 16.9. The first-order valence-electron chi connectivity index (χ1n) is 18.2. The van der Waals surface area contributed by atoms with Gasteiger partial charge in [0.05, 0.1) is 27.6 Å². The van der Waals surface area contributed by atoms with Crippen LogP contribution in [0.1, 0.15) is 69.7 Å². The molecule has 0 atom stereocenters. The summed E-state index contributed by atoms with van der Waals surface area (Å²) < 4.78 is 66.8. The van der Waals surface area contributed by atoms with Gasteiger partial charge in [0, 0.05) is 34.1 Å². The van der Waals surface area contributed by atoms with Crippen molar-refractivity contribution < 1.29 is 40.6 Å². The van der Waals surface area contributed by atoms with Crippen LogP contribution in [0.25, 0.3) is 11.1 Å². The second-order valence-electron chi connectivity index (χ2n) is 15.5. The SMILES string of the molecule is Cc1ccc(O)c(NC(=O)COc2ccc(S(=O)(=O)/C=C/C#N)cc2C(C)(C)C)c1.Cc1ccc2oc(COc3ccc(S(=O)(=O)/C=C/C#N)cc3C(C)(C)C)nc2c1. The van der Waals surface area contributed by atoms with Crippen molar-refractivity contribution in [3.63, 3.8) is 0 Å². The molecule has 5 rings (SSSR count). The fraction of sp³-hybridized carbons (Fsp3) is 0.273. The number of anilines is 1. The lowest BCUT2D eigenvalue weighted by Crippen LogP contribution is -2.22. The van der Waals surface area contributed by atoms with Gasteiger partial charge in [0.15, 0.2) is 18.8 Å². The van der Waals surface area contributed by atoms with Gasteiger partial charge in [0.1, 0.15) is 22.8 Å². The Hall–Kier alpha value is -6.42. The van der Waals surface area contributed by atoms with Gasteiger partial charge in [-0.15, -0.1) is 0 Å². The molecule has 0 aliphatic heterocycles. The van der Waals surface area contributed by atoms with Crippen molar-refractivity contribution in [1.82, 2.24) is 4.98 Å². The Balaban J connectivity index is 0.000000261. The predicted molar refractivity (Wildman–Crippen MR) is 224 cm³/mol. The third-order valence-corrected chi connectivity index (χ3v) is 11.4. The number of ether oxygens (including phenoxy) is 2. The maximum absolute atomic E-state index is 12.4. The van der Waals surface area contributed by atoms with Crippen LogP contribution in [-0.2, 0) is 41.9 Å². The second kappa shape index (κ2) is 18.4. The lowest BCUT2D eigenvalue weighted by Gasteiger charge is -2.23. The number of aromatic hydroxyl groups is 1. The summed E-state index contributed by atoms with van der Waals surface area (Å²) in [5.41, 5.74) is 4.21. The minimum absolute atomic E-state index is 0.0282.